The number of likely N-dealkylation sites (N-methyl/N-ethyl adjacent to an activating group) is 1. The van der Waals surface area contributed by atoms with Crippen LogP contribution < -0.4 is 16.4 Å². The molecule has 6 atom stereocenters. The summed E-state index contributed by atoms with van der Waals surface area (Å²) in [7, 11) is 1.95. The van der Waals surface area contributed by atoms with Crippen LogP contribution in [0.2, 0.25) is 0 Å². The van der Waals surface area contributed by atoms with Crippen molar-refractivity contribution in [1.82, 2.24) is 20.3 Å². The number of ketones is 1. The predicted octanol–water partition coefficient (Wildman–Crippen LogP) is 6.18. The van der Waals surface area contributed by atoms with Crippen LogP contribution in [0.25, 0.3) is 0 Å². The van der Waals surface area contributed by atoms with Crippen molar-refractivity contribution in [1.29, 1.82) is 0 Å². The molecule has 1 aliphatic heterocycles. The van der Waals surface area contributed by atoms with Gasteiger partial charge in [-0.25, -0.2) is 10.0 Å². The Hall–Kier alpha value is -4.69. The van der Waals surface area contributed by atoms with Crippen molar-refractivity contribution < 1.29 is 43.4 Å². The second kappa shape index (κ2) is 24.8. The minimum absolute atomic E-state index is 0.0330. The zero-order valence-corrected chi connectivity index (χ0v) is 38.6. The van der Waals surface area contributed by atoms with Crippen LogP contribution in [0.1, 0.15) is 133 Å². The first-order valence-electron chi connectivity index (χ1n) is 21.7. The van der Waals surface area contributed by atoms with E-state index < -0.39 is 47.4 Å². The van der Waals surface area contributed by atoms with Gasteiger partial charge in [-0.05, 0) is 89.1 Å². The van der Waals surface area contributed by atoms with Crippen LogP contribution in [0.3, 0.4) is 0 Å². The molecule has 62 heavy (non-hydrogen) atoms. The Bertz CT molecular complexity index is 1860. The van der Waals surface area contributed by atoms with Crippen LogP contribution in [0.15, 0.2) is 29.6 Å². The van der Waals surface area contributed by atoms with E-state index in [0.29, 0.717) is 30.0 Å². The van der Waals surface area contributed by atoms with Gasteiger partial charge >= 0.3 is 11.9 Å². The Labute approximate surface area is 371 Å². The van der Waals surface area contributed by atoms with Gasteiger partial charge in [0.05, 0.1) is 30.7 Å². The zero-order valence-electron chi connectivity index (χ0n) is 37.7. The molecule has 15 nitrogen and oxygen atoms in total. The number of amides is 3. The first-order chi connectivity index (χ1) is 29.3. The molecule has 1 saturated heterocycles. The average molecular weight is 881 g/mol. The molecule has 0 unspecified atom stereocenters. The third-order valence-corrected chi connectivity index (χ3v) is 12.5. The van der Waals surface area contributed by atoms with E-state index in [1.54, 1.807) is 43.5 Å². The fourth-order valence-electron chi connectivity index (χ4n) is 7.63. The highest BCUT2D eigenvalue weighted by Gasteiger charge is 2.40. The molecule has 1 aromatic carbocycles. The van der Waals surface area contributed by atoms with E-state index in [1.807, 2.05) is 34.7 Å². The number of carbonyl (C=O) groups excluding carboxylic acids is 5. The van der Waals surface area contributed by atoms with Crippen LogP contribution in [-0.2, 0) is 40.0 Å². The number of carbonyl (C=O) groups is 6. The van der Waals surface area contributed by atoms with E-state index in [2.05, 4.69) is 26.4 Å². The van der Waals surface area contributed by atoms with Crippen molar-refractivity contribution in [3.05, 3.63) is 45.9 Å². The molecule has 3 amide bonds. The summed E-state index contributed by atoms with van der Waals surface area (Å²) in [4.78, 5) is 92.0. The summed E-state index contributed by atoms with van der Waals surface area (Å²) in [5, 5.41) is 18.8. The maximum atomic E-state index is 14.8. The fourth-order valence-corrected chi connectivity index (χ4v) is 8.47. The quantitative estimate of drug-likeness (QED) is 0.0381. The number of nitrogens with zero attached hydrogens (tertiary/aromatic N) is 3. The van der Waals surface area contributed by atoms with Crippen LogP contribution >= 0.6 is 11.3 Å². The summed E-state index contributed by atoms with van der Waals surface area (Å²) < 4.78 is 5.86. The van der Waals surface area contributed by atoms with Crippen molar-refractivity contribution in [2.24, 2.45) is 28.9 Å². The molecule has 1 aliphatic rings. The van der Waals surface area contributed by atoms with E-state index in [1.165, 1.54) is 12.0 Å². The van der Waals surface area contributed by atoms with Crippen LogP contribution in [-0.4, -0.2) is 100 Å². The van der Waals surface area contributed by atoms with Crippen LogP contribution in [0.5, 0.6) is 0 Å². The number of nitrogens with two attached hydrogens (primary N) is 1. The lowest BCUT2D eigenvalue weighted by Gasteiger charge is -2.38. The normalized spacial score (nSPS) is 16.9. The van der Waals surface area contributed by atoms with Gasteiger partial charge in [-0.3, -0.25) is 38.5 Å². The first kappa shape index (κ1) is 51.7. The molecule has 0 spiro atoms. The summed E-state index contributed by atoms with van der Waals surface area (Å²) in [6.45, 7) is 13.1. The van der Waals surface area contributed by atoms with Crippen LogP contribution in [0, 0.1) is 35.5 Å². The van der Waals surface area contributed by atoms with E-state index in [9.17, 15) is 33.9 Å². The van der Waals surface area contributed by atoms with E-state index in [-0.39, 0.29) is 80.0 Å². The van der Waals surface area contributed by atoms with Gasteiger partial charge in [-0.2, -0.15) is 0 Å². The largest absolute Gasteiger partial charge is 0.481 e. The zero-order chi connectivity index (χ0) is 46.1. The molecule has 5 N–H and O–H groups in total. The predicted molar refractivity (Wildman–Crippen MR) is 239 cm³/mol. The molecule has 2 aromatic rings. The molecular weight excluding hydrogens is 813 g/mol. The summed E-state index contributed by atoms with van der Waals surface area (Å²) >= 11 is 1.12. The number of hydrogen-bond donors (Lipinski definition) is 4. The molecular formula is C46H68N6O9S. The molecule has 3 rings (SSSR count). The standard InChI is InChI=1S/C46H68N6O9S/c1-10-12-15-22-60-52(44(57)35(30(5)11-2)24-39(54)37-16-13-14-21-51(37)9)38(29(3)4)25-40(61-31(6)53)43-50-36(28-62-43)42(56)49-34(26-46(7,8)45(58)59)23-32-17-19-33(20-18-32)48-41(55)27-47/h1,17-20,28-30,34-35,37-38,40H,11-16,21-27,47H2,2-9H3,(H,48,55)(H,49,56)(H,58,59)/t30-,34-,35-,37+,38+,40+/m0/s1. The van der Waals surface area contributed by atoms with E-state index >= 15 is 0 Å². The summed E-state index contributed by atoms with van der Waals surface area (Å²) in [5.74, 6) is -1.20. The third-order valence-electron chi connectivity index (χ3n) is 11.6. The maximum Gasteiger partial charge on any atom is 0.309 e. The number of benzene rings is 1. The third kappa shape index (κ3) is 15.6. The van der Waals surface area contributed by atoms with Crippen LogP contribution in [0.4, 0.5) is 5.69 Å². The first-order valence-corrected chi connectivity index (χ1v) is 22.6. The number of Topliss-reactive ketones (excluding diaryl/α,β-unsaturated/α-hetero) is 1. The van der Waals surface area contributed by atoms with Crippen molar-refractivity contribution in [3.63, 3.8) is 0 Å². The maximum absolute atomic E-state index is 14.8. The Morgan fingerprint density at radius 2 is 1.82 bits per heavy atom. The van der Waals surface area contributed by atoms with Gasteiger partial charge in [0, 0.05) is 49.2 Å². The minimum Gasteiger partial charge on any atom is -0.481 e. The molecule has 0 bridgehead atoms. The number of esters is 1. The van der Waals surface area contributed by atoms with Gasteiger partial charge in [-0.15, -0.1) is 23.7 Å². The topological polar surface area (TPSA) is 211 Å². The molecule has 0 saturated carbocycles. The number of anilines is 1. The molecule has 1 aromatic heterocycles. The lowest BCUT2D eigenvalue weighted by molar-refractivity contribution is -0.215. The van der Waals surface area contributed by atoms with E-state index in [0.717, 1.165) is 42.7 Å². The monoisotopic (exact) mass is 880 g/mol. The second-order valence-corrected chi connectivity index (χ2v) is 18.3. The number of terminal acetylenes is 1. The Morgan fingerprint density at radius 3 is 2.40 bits per heavy atom. The molecule has 2 heterocycles. The highest BCUT2D eigenvalue weighted by atomic mass is 32.1. The summed E-state index contributed by atoms with van der Waals surface area (Å²) in [6, 6.07) is 5.44. The summed E-state index contributed by atoms with van der Waals surface area (Å²) in [6.07, 6.45) is 9.40. The number of aromatic nitrogens is 1. The van der Waals surface area contributed by atoms with Crippen molar-refractivity contribution in [2.75, 3.05) is 32.1 Å². The van der Waals surface area contributed by atoms with Crippen molar-refractivity contribution in [2.45, 2.75) is 137 Å². The number of carboxylic acid groups (broad SMARTS) is 1. The van der Waals surface area contributed by atoms with Crippen molar-refractivity contribution >= 4 is 52.5 Å². The number of aliphatic carboxylic acids is 1. The number of hydroxylamine groups is 2. The molecule has 1 fully saturated rings. The van der Waals surface area contributed by atoms with Gasteiger partial charge in [0.25, 0.3) is 5.91 Å². The van der Waals surface area contributed by atoms with Gasteiger partial charge in [0.1, 0.15) is 10.7 Å². The number of hydrogen-bond acceptors (Lipinski definition) is 12. The highest BCUT2D eigenvalue weighted by Crippen LogP contribution is 2.34. The number of ether oxygens (including phenoxy) is 1. The number of likely N-dealkylation sites (tertiary alicyclic amines) is 1. The second-order valence-electron chi connectivity index (χ2n) is 17.4. The highest BCUT2D eigenvalue weighted by molar-refractivity contribution is 7.09. The Kier molecular flexibility index (Phi) is 20.7. The van der Waals surface area contributed by atoms with Crippen molar-refractivity contribution in [3.8, 4) is 12.3 Å². The number of unbranched alkanes of at least 4 members (excludes halogenated alkanes) is 1. The lowest BCUT2D eigenvalue weighted by atomic mass is 9.83. The average Bonchev–Trinajstić information content (AvgIpc) is 3.72. The number of nitrogens with one attached hydrogen (secondary N) is 2. The van der Waals surface area contributed by atoms with Gasteiger partial charge in [0.2, 0.25) is 11.8 Å². The smallest absolute Gasteiger partial charge is 0.309 e. The van der Waals surface area contributed by atoms with Gasteiger partial charge < -0.3 is 26.2 Å². The summed E-state index contributed by atoms with van der Waals surface area (Å²) in [5.41, 5.74) is 5.60. The van der Waals surface area contributed by atoms with E-state index in [4.69, 9.17) is 21.7 Å². The fraction of sp³-hybridized carbons (Fsp3) is 0.630. The molecule has 0 aliphatic carbocycles. The minimum atomic E-state index is -1.19. The Balaban J connectivity index is 1.94. The van der Waals surface area contributed by atoms with Gasteiger partial charge in [0.15, 0.2) is 11.9 Å². The Morgan fingerprint density at radius 1 is 1.13 bits per heavy atom. The van der Waals surface area contributed by atoms with Gasteiger partial charge in [-0.1, -0.05) is 52.7 Å². The number of carboxylic acids is 1. The lowest BCUT2D eigenvalue weighted by Crippen LogP contribution is -2.50. The number of piperidine rings is 1. The molecule has 0 radical (unpaired) electrons. The SMILES string of the molecule is C#CCCCON(C(=O)[C@@H](CC(=O)[C@H]1CCCCN1C)[C@@H](C)CC)[C@H](C[C@@H](OC(C)=O)c1nc(C(=O)N[C@@H](Cc2ccc(NC(=O)CN)cc2)CC(C)(C)C(=O)O)cs1)C(C)C. The number of thiazole rings is 1. The number of rotatable bonds is 25. The molecule has 342 valence electrons. The molecule has 16 heteroatoms.